The molecule has 2 aromatic carbocycles. The zero-order chi connectivity index (χ0) is 21.8. The molecule has 162 valence electrons. The average molecular weight is 528 g/mol. The van der Waals surface area contributed by atoms with Crippen LogP contribution in [0.15, 0.2) is 54.6 Å². The Hall–Kier alpha value is -2.35. The van der Waals surface area contributed by atoms with E-state index in [4.69, 9.17) is 4.98 Å². The number of carbonyl (C=O) groups is 1. The number of aromatic nitrogens is 1. The van der Waals surface area contributed by atoms with Crippen molar-refractivity contribution in [3.8, 4) is 0 Å². The lowest BCUT2D eigenvalue weighted by Gasteiger charge is -2.30. The molecular formula is C25H29IN4O. The Labute approximate surface area is 197 Å². The summed E-state index contributed by atoms with van der Waals surface area (Å²) < 4.78 is 1.14. The highest BCUT2D eigenvalue weighted by Gasteiger charge is 2.22. The van der Waals surface area contributed by atoms with Crippen LogP contribution in [-0.4, -0.2) is 37.6 Å². The number of amides is 1. The van der Waals surface area contributed by atoms with Crippen LogP contribution in [0.2, 0.25) is 0 Å². The first kappa shape index (κ1) is 21.9. The third-order valence-corrected chi connectivity index (χ3v) is 6.75. The van der Waals surface area contributed by atoms with Gasteiger partial charge >= 0.3 is 0 Å². The van der Waals surface area contributed by atoms with E-state index in [0.717, 1.165) is 52.7 Å². The summed E-state index contributed by atoms with van der Waals surface area (Å²) >= 11 is 2.25. The zero-order valence-corrected chi connectivity index (χ0v) is 20.2. The topological polar surface area (TPSA) is 57.3 Å². The van der Waals surface area contributed by atoms with E-state index in [1.165, 1.54) is 11.1 Å². The van der Waals surface area contributed by atoms with Crippen LogP contribution in [0.4, 0.5) is 11.5 Å². The molecule has 31 heavy (non-hydrogen) atoms. The van der Waals surface area contributed by atoms with Crippen LogP contribution < -0.4 is 15.5 Å². The maximum atomic E-state index is 12.4. The molecule has 4 rings (SSSR count). The van der Waals surface area contributed by atoms with Gasteiger partial charge in [0.1, 0.15) is 5.82 Å². The maximum Gasteiger partial charge on any atom is 0.251 e. The zero-order valence-electron chi connectivity index (χ0n) is 18.1. The highest BCUT2D eigenvalue weighted by atomic mass is 127. The van der Waals surface area contributed by atoms with E-state index in [1.54, 1.807) is 0 Å². The van der Waals surface area contributed by atoms with Crippen molar-refractivity contribution in [2.75, 3.05) is 30.9 Å². The van der Waals surface area contributed by atoms with Crippen LogP contribution in [0.25, 0.3) is 10.9 Å². The standard InChI is InChI=1S/C25H29IN4O/c1-30(2)23-15-24(29-22-6-4-3-5-21(22)23)28-20-13-7-17(8-14-20)16-27-25(31)18-9-11-19(26)12-10-18/h3-6,9-12,15,17,20H,7-8,13-14,16H2,1-2H3,(H,27,31)(H,28,29). The van der Waals surface area contributed by atoms with Gasteiger partial charge in [0.2, 0.25) is 0 Å². The fourth-order valence-corrected chi connectivity index (χ4v) is 4.62. The molecular weight excluding hydrogens is 499 g/mol. The van der Waals surface area contributed by atoms with E-state index >= 15 is 0 Å². The van der Waals surface area contributed by atoms with Crippen LogP contribution in [0.1, 0.15) is 36.0 Å². The Morgan fingerprint density at radius 2 is 1.77 bits per heavy atom. The molecule has 0 aliphatic heterocycles. The molecule has 1 saturated carbocycles. The number of pyridine rings is 1. The molecule has 1 aliphatic rings. The van der Waals surface area contributed by atoms with Crippen molar-refractivity contribution in [2.45, 2.75) is 31.7 Å². The quantitative estimate of drug-likeness (QED) is 0.426. The maximum absolute atomic E-state index is 12.4. The molecule has 2 N–H and O–H groups in total. The lowest BCUT2D eigenvalue weighted by atomic mass is 9.86. The first-order valence-electron chi connectivity index (χ1n) is 10.9. The number of hydrogen-bond acceptors (Lipinski definition) is 4. The molecule has 5 nitrogen and oxygen atoms in total. The van der Waals surface area contributed by atoms with Crippen LogP contribution in [0.5, 0.6) is 0 Å². The molecule has 1 heterocycles. The Balaban J connectivity index is 1.31. The van der Waals surface area contributed by atoms with E-state index in [0.29, 0.717) is 12.0 Å². The van der Waals surface area contributed by atoms with Crippen LogP contribution in [-0.2, 0) is 0 Å². The fourth-order valence-electron chi connectivity index (χ4n) is 4.26. The van der Waals surface area contributed by atoms with E-state index in [-0.39, 0.29) is 5.91 Å². The summed E-state index contributed by atoms with van der Waals surface area (Å²) in [4.78, 5) is 19.3. The largest absolute Gasteiger partial charge is 0.377 e. The van der Waals surface area contributed by atoms with Gasteiger partial charge in [0.15, 0.2) is 0 Å². The first-order valence-corrected chi connectivity index (χ1v) is 11.9. The number of nitrogens with one attached hydrogen (secondary N) is 2. The van der Waals surface area contributed by atoms with Crippen molar-refractivity contribution < 1.29 is 4.79 Å². The smallest absolute Gasteiger partial charge is 0.251 e. The van der Waals surface area contributed by atoms with Crippen molar-refractivity contribution in [2.24, 2.45) is 5.92 Å². The molecule has 0 atom stereocenters. The molecule has 0 saturated heterocycles. The summed E-state index contributed by atoms with van der Waals surface area (Å²) in [6.45, 7) is 0.747. The van der Waals surface area contributed by atoms with Gasteiger partial charge in [0, 0.05) is 53.0 Å². The number of hydrogen-bond donors (Lipinski definition) is 2. The van der Waals surface area contributed by atoms with Gasteiger partial charge in [-0.3, -0.25) is 4.79 Å². The second-order valence-electron chi connectivity index (χ2n) is 8.52. The van der Waals surface area contributed by atoms with E-state index in [9.17, 15) is 4.79 Å². The minimum Gasteiger partial charge on any atom is -0.377 e. The normalized spacial score (nSPS) is 18.5. The van der Waals surface area contributed by atoms with Gasteiger partial charge in [-0.1, -0.05) is 18.2 Å². The van der Waals surface area contributed by atoms with Crippen molar-refractivity contribution >= 4 is 50.9 Å². The van der Waals surface area contributed by atoms with Gasteiger partial charge in [0.05, 0.1) is 5.52 Å². The first-order chi connectivity index (χ1) is 15.0. The number of fused-ring (bicyclic) bond motifs is 1. The Morgan fingerprint density at radius 3 is 2.48 bits per heavy atom. The van der Waals surface area contributed by atoms with Crippen molar-refractivity contribution in [3.63, 3.8) is 0 Å². The van der Waals surface area contributed by atoms with Crippen LogP contribution in [0.3, 0.4) is 0 Å². The van der Waals surface area contributed by atoms with Gasteiger partial charge in [-0.15, -0.1) is 0 Å². The predicted molar refractivity (Wildman–Crippen MR) is 137 cm³/mol. The molecule has 1 fully saturated rings. The summed E-state index contributed by atoms with van der Waals surface area (Å²) in [5, 5.41) is 7.94. The number of nitrogens with zero attached hydrogens (tertiary/aromatic N) is 2. The van der Waals surface area contributed by atoms with Gasteiger partial charge < -0.3 is 15.5 Å². The molecule has 0 bridgehead atoms. The summed E-state index contributed by atoms with van der Waals surface area (Å²) in [6.07, 6.45) is 4.41. The number of anilines is 2. The summed E-state index contributed by atoms with van der Waals surface area (Å²) in [5.74, 6) is 1.50. The molecule has 6 heteroatoms. The molecule has 1 aliphatic carbocycles. The molecule has 0 unspecified atom stereocenters. The predicted octanol–water partition coefficient (Wildman–Crippen LogP) is 5.31. The van der Waals surface area contributed by atoms with Crippen LogP contribution >= 0.6 is 22.6 Å². The number of halogens is 1. The van der Waals surface area contributed by atoms with Crippen molar-refractivity contribution in [1.29, 1.82) is 0 Å². The minimum atomic E-state index is 0.0215. The van der Waals surface area contributed by atoms with Gasteiger partial charge in [-0.25, -0.2) is 4.98 Å². The number of para-hydroxylation sites is 1. The van der Waals surface area contributed by atoms with Crippen molar-refractivity contribution in [3.05, 3.63) is 63.7 Å². The Bertz CT molecular complexity index is 1040. The highest BCUT2D eigenvalue weighted by molar-refractivity contribution is 14.1. The average Bonchev–Trinajstić information content (AvgIpc) is 2.78. The number of benzene rings is 2. The monoisotopic (exact) mass is 528 g/mol. The third kappa shape index (κ3) is 5.47. The highest BCUT2D eigenvalue weighted by Crippen LogP contribution is 2.30. The second-order valence-corrected chi connectivity index (χ2v) is 9.76. The molecule has 0 radical (unpaired) electrons. The SMILES string of the molecule is CN(C)c1cc(NC2CCC(CNC(=O)c3ccc(I)cc3)CC2)nc2ccccc12. The van der Waals surface area contributed by atoms with Gasteiger partial charge in [0.25, 0.3) is 5.91 Å². The number of rotatable bonds is 6. The van der Waals surface area contributed by atoms with Crippen LogP contribution in [0, 0.1) is 9.49 Å². The summed E-state index contributed by atoms with van der Waals surface area (Å²) in [7, 11) is 4.14. The van der Waals surface area contributed by atoms with E-state index < -0.39 is 0 Å². The lowest BCUT2D eigenvalue weighted by Crippen LogP contribution is -2.34. The Morgan fingerprint density at radius 1 is 1.06 bits per heavy atom. The van der Waals surface area contributed by atoms with E-state index in [1.807, 2.05) is 30.3 Å². The molecule has 1 amide bonds. The fraction of sp³-hybridized carbons (Fsp3) is 0.360. The minimum absolute atomic E-state index is 0.0215. The summed E-state index contributed by atoms with van der Waals surface area (Å²) in [6, 6.07) is 18.6. The van der Waals surface area contributed by atoms with Gasteiger partial charge in [-0.05, 0) is 84.5 Å². The third-order valence-electron chi connectivity index (χ3n) is 6.03. The number of carbonyl (C=O) groups excluding carboxylic acids is 1. The second kappa shape index (κ2) is 9.85. The van der Waals surface area contributed by atoms with Gasteiger partial charge in [-0.2, -0.15) is 0 Å². The summed E-state index contributed by atoms with van der Waals surface area (Å²) in [5.41, 5.74) is 2.93. The van der Waals surface area contributed by atoms with E-state index in [2.05, 4.69) is 76.5 Å². The lowest BCUT2D eigenvalue weighted by molar-refractivity contribution is 0.0943. The molecule has 1 aromatic heterocycles. The van der Waals surface area contributed by atoms with Crippen molar-refractivity contribution in [1.82, 2.24) is 10.3 Å². The molecule has 0 spiro atoms. The Kier molecular flexibility index (Phi) is 6.95. The molecule has 3 aromatic rings.